The van der Waals surface area contributed by atoms with Crippen molar-refractivity contribution >= 4 is 24.0 Å². The van der Waals surface area contributed by atoms with Crippen molar-refractivity contribution in [3.8, 4) is 0 Å². The Kier molecular flexibility index (Phi) is 4.16. The van der Waals surface area contributed by atoms with Crippen molar-refractivity contribution < 1.29 is 10.0 Å². The number of para-hydroxylation sites is 1. The molecule has 0 atom stereocenters. The van der Waals surface area contributed by atoms with Crippen LogP contribution >= 0.6 is 0 Å². The van der Waals surface area contributed by atoms with Crippen LogP contribution in [0, 0.1) is 0 Å². The largest absolute Gasteiger partial charge is 0.490 e. The molecule has 3 nitrogen and oxygen atoms in total. The number of anilines is 2. The fraction of sp³-hybridized carbons (Fsp3) is 0.250. The van der Waals surface area contributed by atoms with Gasteiger partial charge in [-0.1, -0.05) is 51.1 Å². The van der Waals surface area contributed by atoms with Crippen LogP contribution in [0.2, 0.25) is 0 Å². The average molecular weight is 269 g/mol. The molecule has 0 saturated heterocycles. The van der Waals surface area contributed by atoms with Crippen molar-refractivity contribution in [3.05, 3.63) is 54.1 Å². The second-order valence-corrected chi connectivity index (χ2v) is 5.91. The first kappa shape index (κ1) is 14.6. The summed E-state index contributed by atoms with van der Waals surface area (Å²) < 4.78 is 0. The Morgan fingerprint density at radius 1 is 0.900 bits per heavy atom. The molecule has 2 rings (SSSR count). The molecule has 0 saturated carbocycles. The van der Waals surface area contributed by atoms with E-state index in [0.717, 1.165) is 5.69 Å². The Morgan fingerprint density at radius 3 is 2.05 bits per heavy atom. The molecule has 4 heteroatoms. The minimum absolute atomic E-state index is 0.123. The molecule has 0 fully saturated rings. The molecule has 0 amide bonds. The van der Waals surface area contributed by atoms with Gasteiger partial charge in [0, 0.05) is 16.8 Å². The molecule has 0 heterocycles. The molecule has 0 aromatic heterocycles. The molecule has 2 aromatic carbocycles. The van der Waals surface area contributed by atoms with Crippen molar-refractivity contribution in [2.24, 2.45) is 0 Å². The zero-order chi connectivity index (χ0) is 14.8. The first-order valence-electron chi connectivity index (χ1n) is 6.70. The lowest BCUT2D eigenvalue weighted by Crippen LogP contribution is -2.31. The molecule has 0 unspecified atom stereocenters. The van der Waals surface area contributed by atoms with Crippen molar-refractivity contribution in [3.63, 3.8) is 0 Å². The average Bonchev–Trinajstić information content (AvgIpc) is 2.38. The maximum atomic E-state index is 9.35. The first-order valence-corrected chi connectivity index (χ1v) is 6.70. The van der Waals surface area contributed by atoms with Crippen LogP contribution in [0.25, 0.3) is 0 Å². The topological polar surface area (TPSA) is 52.5 Å². The van der Waals surface area contributed by atoms with Gasteiger partial charge < -0.3 is 15.4 Å². The molecular formula is C16H20BNO2. The van der Waals surface area contributed by atoms with Crippen LogP contribution in [0.15, 0.2) is 48.5 Å². The highest BCUT2D eigenvalue weighted by atomic mass is 16.4. The van der Waals surface area contributed by atoms with Gasteiger partial charge >= 0.3 is 7.12 Å². The summed E-state index contributed by atoms with van der Waals surface area (Å²) in [5, 5.41) is 21.9. The lowest BCUT2D eigenvalue weighted by atomic mass is 9.79. The minimum Gasteiger partial charge on any atom is -0.423 e. The highest BCUT2D eigenvalue weighted by molar-refractivity contribution is 6.60. The Balaban J connectivity index is 2.23. The van der Waals surface area contributed by atoms with Gasteiger partial charge in [-0.15, -0.1) is 0 Å². The van der Waals surface area contributed by atoms with Crippen LogP contribution < -0.4 is 10.8 Å². The van der Waals surface area contributed by atoms with E-state index in [2.05, 4.69) is 38.2 Å². The SMILES string of the molecule is CC(C)(C)c1ccc(Nc2ccccc2B(O)O)cc1. The van der Waals surface area contributed by atoms with E-state index >= 15 is 0 Å². The third-order valence-corrected chi connectivity index (χ3v) is 3.27. The predicted octanol–water partition coefficient (Wildman–Crippen LogP) is 2.41. The highest BCUT2D eigenvalue weighted by Gasteiger charge is 2.16. The summed E-state index contributed by atoms with van der Waals surface area (Å²) in [5.74, 6) is 0. The van der Waals surface area contributed by atoms with Crippen LogP contribution in [0.3, 0.4) is 0 Å². The molecule has 0 spiro atoms. The number of hydrogen-bond acceptors (Lipinski definition) is 3. The predicted molar refractivity (Wildman–Crippen MR) is 84.7 cm³/mol. The van der Waals surface area contributed by atoms with E-state index in [1.165, 1.54) is 5.56 Å². The zero-order valence-corrected chi connectivity index (χ0v) is 12.1. The summed E-state index contributed by atoms with van der Waals surface area (Å²) in [6, 6.07) is 15.3. The number of hydrogen-bond donors (Lipinski definition) is 3. The molecule has 20 heavy (non-hydrogen) atoms. The third kappa shape index (κ3) is 3.41. The minimum atomic E-state index is -1.48. The van der Waals surface area contributed by atoms with Gasteiger partial charge in [-0.05, 0) is 29.2 Å². The fourth-order valence-corrected chi connectivity index (χ4v) is 2.05. The second kappa shape index (κ2) is 5.69. The van der Waals surface area contributed by atoms with Crippen molar-refractivity contribution in [1.29, 1.82) is 0 Å². The van der Waals surface area contributed by atoms with E-state index in [9.17, 15) is 10.0 Å². The van der Waals surface area contributed by atoms with Gasteiger partial charge in [-0.2, -0.15) is 0 Å². The van der Waals surface area contributed by atoms with E-state index < -0.39 is 7.12 Å². The zero-order valence-electron chi connectivity index (χ0n) is 12.1. The summed E-state index contributed by atoms with van der Waals surface area (Å²) in [7, 11) is -1.48. The van der Waals surface area contributed by atoms with Gasteiger partial charge in [0.25, 0.3) is 0 Å². The maximum Gasteiger partial charge on any atom is 0.490 e. The van der Waals surface area contributed by atoms with Crippen molar-refractivity contribution in [1.82, 2.24) is 0 Å². The fourth-order valence-electron chi connectivity index (χ4n) is 2.05. The van der Waals surface area contributed by atoms with Gasteiger partial charge in [0.15, 0.2) is 0 Å². The van der Waals surface area contributed by atoms with E-state index in [-0.39, 0.29) is 5.41 Å². The number of nitrogens with one attached hydrogen (secondary N) is 1. The molecule has 2 aromatic rings. The normalized spacial score (nSPS) is 11.2. The molecular weight excluding hydrogens is 249 g/mol. The Bertz CT molecular complexity index is 574. The van der Waals surface area contributed by atoms with Crippen LogP contribution in [0.1, 0.15) is 26.3 Å². The lowest BCUT2D eigenvalue weighted by Gasteiger charge is -2.19. The molecule has 0 aliphatic carbocycles. The third-order valence-electron chi connectivity index (χ3n) is 3.27. The highest BCUT2D eigenvalue weighted by Crippen LogP contribution is 2.24. The standard InChI is InChI=1S/C16H20BNO2/c1-16(2,3)12-8-10-13(11-9-12)18-15-7-5-4-6-14(15)17(19)20/h4-11,18-20H,1-3H3. The maximum absolute atomic E-state index is 9.35. The summed E-state index contributed by atoms with van der Waals surface area (Å²) in [6.07, 6.45) is 0. The molecule has 0 aliphatic heterocycles. The van der Waals surface area contributed by atoms with Gasteiger partial charge in [-0.3, -0.25) is 0 Å². The summed E-state index contributed by atoms with van der Waals surface area (Å²) in [5.41, 5.74) is 3.47. The van der Waals surface area contributed by atoms with Gasteiger partial charge in [0.05, 0.1) is 0 Å². The molecule has 0 bridgehead atoms. The molecule has 0 aliphatic rings. The quantitative estimate of drug-likeness (QED) is 0.750. The first-order chi connectivity index (χ1) is 9.38. The Morgan fingerprint density at radius 2 is 1.50 bits per heavy atom. The number of benzene rings is 2. The van der Waals surface area contributed by atoms with Crippen LogP contribution in [-0.2, 0) is 5.41 Å². The Labute approximate surface area is 120 Å². The lowest BCUT2D eigenvalue weighted by molar-refractivity contribution is 0.426. The molecule has 104 valence electrons. The van der Waals surface area contributed by atoms with Crippen LogP contribution in [0.5, 0.6) is 0 Å². The monoisotopic (exact) mass is 269 g/mol. The van der Waals surface area contributed by atoms with E-state index in [4.69, 9.17) is 0 Å². The van der Waals surface area contributed by atoms with Crippen molar-refractivity contribution in [2.45, 2.75) is 26.2 Å². The van der Waals surface area contributed by atoms with E-state index in [1.807, 2.05) is 24.3 Å². The molecule has 0 radical (unpaired) electrons. The second-order valence-electron chi connectivity index (χ2n) is 5.91. The summed E-state index contributed by atoms with van der Waals surface area (Å²) in [6.45, 7) is 6.52. The smallest absolute Gasteiger partial charge is 0.423 e. The van der Waals surface area contributed by atoms with E-state index in [1.54, 1.807) is 12.1 Å². The number of rotatable bonds is 3. The summed E-state index contributed by atoms with van der Waals surface area (Å²) >= 11 is 0. The van der Waals surface area contributed by atoms with Gasteiger partial charge in [0.2, 0.25) is 0 Å². The van der Waals surface area contributed by atoms with Crippen LogP contribution in [-0.4, -0.2) is 17.2 Å². The molecule has 3 N–H and O–H groups in total. The van der Waals surface area contributed by atoms with E-state index in [0.29, 0.717) is 11.2 Å². The van der Waals surface area contributed by atoms with Crippen LogP contribution in [0.4, 0.5) is 11.4 Å². The van der Waals surface area contributed by atoms with Gasteiger partial charge in [0.1, 0.15) is 0 Å². The Hall–Kier alpha value is -1.78. The summed E-state index contributed by atoms with van der Waals surface area (Å²) in [4.78, 5) is 0. The van der Waals surface area contributed by atoms with Gasteiger partial charge in [-0.25, -0.2) is 0 Å². The van der Waals surface area contributed by atoms with Crippen molar-refractivity contribution in [2.75, 3.05) is 5.32 Å².